The molecule has 0 heterocycles. The van der Waals surface area contributed by atoms with Crippen molar-refractivity contribution in [1.82, 2.24) is 0 Å². The van der Waals surface area contributed by atoms with Crippen LogP contribution in [0.15, 0.2) is 30.9 Å². The van der Waals surface area contributed by atoms with Gasteiger partial charge in [0.25, 0.3) is 0 Å². The Hall–Kier alpha value is -1.65. The largest absolute Gasteiger partial charge is 0.409 e. The second kappa shape index (κ2) is 8.79. The van der Waals surface area contributed by atoms with E-state index < -0.39 is 23.4 Å². The number of benzene rings is 1. The molecule has 2 aliphatic rings. The zero-order chi connectivity index (χ0) is 20.3. The molecule has 2 aliphatic carbocycles. The summed E-state index contributed by atoms with van der Waals surface area (Å²) in [5.74, 6) is 0.265. The Morgan fingerprint density at radius 3 is 1.79 bits per heavy atom. The van der Waals surface area contributed by atoms with Gasteiger partial charge in [0.1, 0.15) is 11.6 Å². The lowest BCUT2D eigenvalue weighted by Crippen LogP contribution is -2.25. The third-order valence-corrected chi connectivity index (χ3v) is 6.60. The highest BCUT2D eigenvalue weighted by Gasteiger charge is 2.31. The maximum atomic E-state index is 14.2. The smallest absolute Gasteiger partial charge is 0.206 e. The molecule has 0 atom stereocenters. The van der Waals surface area contributed by atoms with Crippen molar-refractivity contribution in [2.75, 3.05) is 0 Å². The summed E-state index contributed by atoms with van der Waals surface area (Å²) in [6, 6.07) is 2.42. The van der Waals surface area contributed by atoms with E-state index in [9.17, 15) is 22.0 Å². The maximum absolute atomic E-state index is 14.2. The highest BCUT2D eigenvalue weighted by Crippen LogP contribution is 2.44. The fraction of sp³-hybridized carbons (Fsp3) is 0.565. The van der Waals surface area contributed by atoms with E-state index >= 15 is 0 Å². The molecule has 3 rings (SSSR count). The Bertz CT molecular complexity index is 679. The van der Waals surface area contributed by atoms with Crippen LogP contribution in [0.4, 0.5) is 22.0 Å². The SMILES string of the molecule is C=CC1CCC(C2CCC(c3cc(F)c(/C=C/C(F)(F)F)c(F)c3)CC2)CC1. The van der Waals surface area contributed by atoms with Crippen LogP contribution >= 0.6 is 0 Å². The molecule has 0 radical (unpaired) electrons. The summed E-state index contributed by atoms with van der Waals surface area (Å²) in [5, 5.41) is 0. The summed E-state index contributed by atoms with van der Waals surface area (Å²) in [6.45, 7) is 3.89. The van der Waals surface area contributed by atoms with Gasteiger partial charge in [-0.3, -0.25) is 0 Å². The zero-order valence-electron chi connectivity index (χ0n) is 15.9. The monoisotopic (exact) mass is 398 g/mol. The van der Waals surface area contributed by atoms with Crippen LogP contribution < -0.4 is 0 Å². The first-order chi connectivity index (χ1) is 13.3. The predicted molar refractivity (Wildman–Crippen MR) is 102 cm³/mol. The summed E-state index contributed by atoms with van der Waals surface area (Å²) in [4.78, 5) is 0. The molecule has 0 amide bonds. The zero-order valence-corrected chi connectivity index (χ0v) is 15.9. The van der Waals surface area contributed by atoms with Crippen LogP contribution in [-0.2, 0) is 0 Å². The van der Waals surface area contributed by atoms with Gasteiger partial charge in [-0.1, -0.05) is 6.08 Å². The van der Waals surface area contributed by atoms with Gasteiger partial charge in [-0.15, -0.1) is 6.58 Å². The van der Waals surface area contributed by atoms with E-state index in [0.717, 1.165) is 31.6 Å². The predicted octanol–water partition coefficient (Wildman–Crippen LogP) is 7.81. The van der Waals surface area contributed by atoms with Crippen LogP contribution in [-0.4, -0.2) is 6.18 Å². The third kappa shape index (κ3) is 5.24. The molecule has 0 bridgehead atoms. The maximum Gasteiger partial charge on any atom is 0.409 e. The van der Waals surface area contributed by atoms with Crippen molar-refractivity contribution >= 4 is 6.08 Å². The van der Waals surface area contributed by atoms with Gasteiger partial charge in [-0.05, 0) is 98.8 Å². The van der Waals surface area contributed by atoms with E-state index in [4.69, 9.17) is 0 Å². The summed E-state index contributed by atoms with van der Waals surface area (Å²) in [7, 11) is 0. The van der Waals surface area contributed by atoms with E-state index in [1.165, 1.54) is 37.8 Å². The van der Waals surface area contributed by atoms with Crippen LogP contribution in [0, 0.1) is 29.4 Å². The number of halogens is 5. The topological polar surface area (TPSA) is 0 Å². The minimum Gasteiger partial charge on any atom is -0.206 e. The molecule has 5 heteroatoms. The van der Waals surface area contributed by atoms with Gasteiger partial charge >= 0.3 is 6.18 Å². The van der Waals surface area contributed by atoms with E-state index in [-0.39, 0.29) is 12.0 Å². The second-order valence-electron chi connectivity index (χ2n) is 8.30. The molecule has 0 nitrogen and oxygen atoms in total. The summed E-state index contributed by atoms with van der Waals surface area (Å²) in [6.07, 6.45) is 6.52. The van der Waals surface area contributed by atoms with Crippen LogP contribution in [0.25, 0.3) is 6.08 Å². The Morgan fingerprint density at radius 2 is 1.32 bits per heavy atom. The van der Waals surface area contributed by atoms with Crippen LogP contribution in [0.3, 0.4) is 0 Å². The number of rotatable bonds is 4. The molecule has 1 aromatic rings. The minimum atomic E-state index is -4.60. The molecule has 0 spiro atoms. The van der Waals surface area contributed by atoms with Crippen molar-refractivity contribution in [2.45, 2.75) is 63.5 Å². The average Bonchev–Trinajstić information content (AvgIpc) is 2.66. The van der Waals surface area contributed by atoms with Gasteiger partial charge < -0.3 is 0 Å². The highest BCUT2D eigenvalue weighted by atomic mass is 19.4. The first-order valence-electron chi connectivity index (χ1n) is 10.1. The summed E-state index contributed by atoms with van der Waals surface area (Å²) < 4.78 is 65.2. The molecule has 0 aromatic heterocycles. The molecule has 0 saturated heterocycles. The van der Waals surface area contributed by atoms with E-state index in [1.807, 2.05) is 0 Å². The quantitative estimate of drug-likeness (QED) is 0.358. The van der Waals surface area contributed by atoms with E-state index in [2.05, 4.69) is 12.7 Å². The Labute approximate surface area is 163 Å². The Morgan fingerprint density at radius 1 is 0.821 bits per heavy atom. The Kier molecular flexibility index (Phi) is 6.61. The number of alkyl halides is 3. The van der Waals surface area contributed by atoms with Crippen molar-refractivity contribution in [3.63, 3.8) is 0 Å². The van der Waals surface area contributed by atoms with Crippen LogP contribution in [0.1, 0.15) is 68.4 Å². The average molecular weight is 398 g/mol. The Balaban J connectivity index is 1.61. The molecule has 0 unspecified atom stereocenters. The van der Waals surface area contributed by atoms with Crippen LogP contribution in [0.5, 0.6) is 0 Å². The molecule has 0 N–H and O–H groups in total. The number of hydrogen-bond acceptors (Lipinski definition) is 0. The van der Waals surface area contributed by atoms with Crippen molar-refractivity contribution < 1.29 is 22.0 Å². The highest BCUT2D eigenvalue weighted by molar-refractivity contribution is 5.52. The molecule has 2 fully saturated rings. The first-order valence-corrected chi connectivity index (χ1v) is 10.1. The van der Waals surface area contributed by atoms with Crippen molar-refractivity contribution in [1.29, 1.82) is 0 Å². The third-order valence-electron chi connectivity index (χ3n) is 6.60. The van der Waals surface area contributed by atoms with Gasteiger partial charge in [-0.2, -0.15) is 13.2 Å². The first kappa shape index (κ1) is 21.1. The van der Waals surface area contributed by atoms with Gasteiger partial charge in [0.2, 0.25) is 0 Å². The van der Waals surface area contributed by atoms with Crippen molar-refractivity contribution in [2.24, 2.45) is 17.8 Å². The molecule has 1 aromatic carbocycles. The van der Waals surface area contributed by atoms with Gasteiger partial charge in [0, 0.05) is 11.6 Å². The fourth-order valence-corrected chi connectivity index (χ4v) is 4.95. The lowest BCUT2D eigenvalue weighted by Gasteiger charge is -2.37. The number of hydrogen-bond donors (Lipinski definition) is 0. The van der Waals surface area contributed by atoms with Gasteiger partial charge in [0.15, 0.2) is 0 Å². The number of allylic oxidation sites excluding steroid dienone is 2. The normalized spacial score (nSPS) is 29.2. The summed E-state index contributed by atoms with van der Waals surface area (Å²) in [5.41, 5.74) is -0.0679. The van der Waals surface area contributed by atoms with Gasteiger partial charge in [0.05, 0.1) is 0 Å². The molecule has 2 saturated carbocycles. The van der Waals surface area contributed by atoms with E-state index in [0.29, 0.717) is 23.5 Å². The fourth-order valence-electron chi connectivity index (χ4n) is 4.95. The van der Waals surface area contributed by atoms with Crippen LogP contribution in [0.2, 0.25) is 0 Å². The molecule has 28 heavy (non-hydrogen) atoms. The van der Waals surface area contributed by atoms with Crippen molar-refractivity contribution in [3.8, 4) is 0 Å². The molecule has 154 valence electrons. The lowest BCUT2D eigenvalue weighted by atomic mass is 9.68. The molecular formula is C23H27F5. The summed E-state index contributed by atoms with van der Waals surface area (Å²) >= 11 is 0. The van der Waals surface area contributed by atoms with Crippen molar-refractivity contribution in [3.05, 3.63) is 53.6 Å². The standard InChI is InChI=1S/C23H27F5/c1-2-15-3-5-16(6-4-15)17-7-9-18(10-8-17)19-13-21(24)20(22(25)14-19)11-12-23(26,27)28/h2,11-18H,1,3-10H2/b12-11+. The van der Waals surface area contributed by atoms with Gasteiger partial charge in [-0.25, -0.2) is 8.78 Å². The minimum absolute atomic E-state index is 0.0745. The molecular weight excluding hydrogens is 371 g/mol. The second-order valence-corrected chi connectivity index (χ2v) is 8.30. The lowest BCUT2D eigenvalue weighted by molar-refractivity contribution is -0.0790. The van der Waals surface area contributed by atoms with E-state index in [1.54, 1.807) is 0 Å². The molecule has 0 aliphatic heterocycles.